The Labute approximate surface area is 106 Å². The summed E-state index contributed by atoms with van der Waals surface area (Å²) in [6, 6.07) is 0. The number of carbonyl (C=O) groups is 3. The average Bonchev–Trinajstić information content (AvgIpc) is 2.27. The molecule has 0 spiro atoms. The first-order chi connectivity index (χ1) is 8.40. The largest absolute Gasteiger partial charge is 0.481 e. The third-order valence-corrected chi connectivity index (χ3v) is 2.74. The molecule has 1 N–H and O–H groups in total. The maximum atomic E-state index is 11.7. The number of carbonyl (C=O) groups excluding carboxylic acids is 2. The minimum absolute atomic E-state index is 0.0327. The molecular weight excluding hydrogens is 238 g/mol. The number of rotatable bonds is 4. The van der Waals surface area contributed by atoms with E-state index in [1.807, 2.05) is 14.1 Å². The number of amides is 2. The Morgan fingerprint density at radius 1 is 1.00 bits per heavy atom. The van der Waals surface area contributed by atoms with Crippen LogP contribution in [0.15, 0.2) is 0 Å². The van der Waals surface area contributed by atoms with Crippen LogP contribution < -0.4 is 0 Å². The Hall–Kier alpha value is -1.63. The van der Waals surface area contributed by atoms with Crippen LogP contribution in [0, 0.1) is 0 Å². The van der Waals surface area contributed by atoms with Crippen molar-refractivity contribution < 1.29 is 19.5 Å². The molecular formula is C11H19N3O4. The van der Waals surface area contributed by atoms with Crippen LogP contribution in [0.25, 0.3) is 0 Å². The summed E-state index contributed by atoms with van der Waals surface area (Å²) in [6.45, 7) is 2.11. The summed E-state index contributed by atoms with van der Waals surface area (Å²) in [4.78, 5) is 38.7. The summed E-state index contributed by atoms with van der Waals surface area (Å²) in [5.41, 5.74) is 0. The Balaban J connectivity index is 2.39. The zero-order valence-electron chi connectivity index (χ0n) is 10.8. The molecule has 0 saturated carbocycles. The van der Waals surface area contributed by atoms with Gasteiger partial charge in [-0.25, -0.2) is 0 Å². The second-order valence-electron chi connectivity index (χ2n) is 4.57. The van der Waals surface area contributed by atoms with Crippen molar-refractivity contribution in [2.24, 2.45) is 0 Å². The molecule has 102 valence electrons. The maximum Gasteiger partial charge on any atom is 0.312 e. The first-order valence-electron chi connectivity index (χ1n) is 5.82. The predicted octanol–water partition coefficient (Wildman–Crippen LogP) is -1.31. The molecule has 18 heavy (non-hydrogen) atoms. The van der Waals surface area contributed by atoms with Crippen LogP contribution in [-0.4, -0.2) is 84.4 Å². The van der Waals surface area contributed by atoms with Crippen molar-refractivity contribution >= 4 is 17.8 Å². The highest BCUT2D eigenvalue weighted by atomic mass is 16.4. The van der Waals surface area contributed by atoms with Crippen LogP contribution in [-0.2, 0) is 14.4 Å². The highest BCUT2D eigenvalue weighted by molar-refractivity contribution is 5.93. The molecule has 0 atom stereocenters. The van der Waals surface area contributed by atoms with Crippen molar-refractivity contribution in [1.29, 1.82) is 0 Å². The highest BCUT2D eigenvalue weighted by Gasteiger charge is 2.25. The first kappa shape index (κ1) is 14.4. The molecule has 0 aromatic carbocycles. The molecule has 0 aromatic heterocycles. The molecule has 7 heteroatoms. The highest BCUT2D eigenvalue weighted by Crippen LogP contribution is 2.04. The fraction of sp³-hybridized carbons (Fsp3) is 0.727. The SMILES string of the molecule is CN(C)CC(=O)N1CCN(C(=O)CC(=O)O)CC1. The Morgan fingerprint density at radius 3 is 1.83 bits per heavy atom. The van der Waals surface area contributed by atoms with Crippen molar-refractivity contribution in [3.05, 3.63) is 0 Å². The van der Waals surface area contributed by atoms with E-state index in [0.717, 1.165) is 0 Å². The molecule has 1 aliphatic heterocycles. The third-order valence-electron chi connectivity index (χ3n) is 2.74. The Bertz CT molecular complexity index is 335. The number of hydrogen-bond acceptors (Lipinski definition) is 4. The lowest BCUT2D eigenvalue weighted by Gasteiger charge is -2.35. The molecule has 0 aliphatic carbocycles. The topological polar surface area (TPSA) is 81.2 Å². The molecule has 0 unspecified atom stereocenters. The van der Waals surface area contributed by atoms with Gasteiger partial charge in [0.2, 0.25) is 11.8 Å². The van der Waals surface area contributed by atoms with Crippen LogP contribution >= 0.6 is 0 Å². The summed E-state index contributed by atoms with van der Waals surface area (Å²) in [7, 11) is 3.65. The number of carboxylic acids is 1. The van der Waals surface area contributed by atoms with E-state index in [-0.39, 0.29) is 11.8 Å². The van der Waals surface area contributed by atoms with Crippen LogP contribution in [0.2, 0.25) is 0 Å². The fourth-order valence-corrected chi connectivity index (χ4v) is 1.82. The lowest BCUT2D eigenvalue weighted by molar-refractivity contribution is -0.147. The van der Waals surface area contributed by atoms with E-state index in [1.165, 1.54) is 4.90 Å². The molecule has 0 radical (unpaired) electrons. The van der Waals surface area contributed by atoms with E-state index in [2.05, 4.69) is 0 Å². The summed E-state index contributed by atoms with van der Waals surface area (Å²) in [6.07, 6.45) is -0.481. The van der Waals surface area contributed by atoms with Crippen LogP contribution in [0.5, 0.6) is 0 Å². The standard InChI is InChI=1S/C11H19N3O4/c1-12(2)8-10(16)14-5-3-13(4-6-14)9(15)7-11(17)18/h3-8H2,1-2H3,(H,17,18). The minimum atomic E-state index is -1.12. The predicted molar refractivity (Wildman–Crippen MR) is 64.0 cm³/mol. The molecule has 1 aliphatic rings. The number of hydrogen-bond donors (Lipinski definition) is 1. The van der Waals surface area contributed by atoms with E-state index < -0.39 is 12.4 Å². The number of aliphatic carboxylic acids is 1. The summed E-state index contributed by atoms with van der Waals surface area (Å²) in [5, 5.41) is 8.54. The van der Waals surface area contributed by atoms with E-state index in [4.69, 9.17) is 5.11 Å². The van der Waals surface area contributed by atoms with Gasteiger partial charge in [0, 0.05) is 26.2 Å². The van der Waals surface area contributed by atoms with E-state index >= 15 is 0 Å². The lowest BCUT2D eigenvalue weighted by Crippen LogP contribution is -2.52. The normalized spacial score (nSPS) is 15.9. The number of nitrogens with zero attached hydrogens (tertiary/aromatic N) is 3. The Kier molecular flexibility index (Phi) is 5.08. The monoisotopic (exact) mass is 257 g/mol. The first-order valence-corrected chi connectivity index (χ1v) is 5.82. The van der Waals surface area contributed by atoms with Crippen LogP contribution in [0.1, 0.15) is 6.42 Å². The van der Waals surface area contributed by atoms with Gasteiger partial charge < -0.3 is 19.8 Å². The van der Waals surface area contributed by atoms with Crippen LogP contribution in [0.4, 0.5) is 0 Å². The molecule has 1 fully saturated rings. The van der Waals surface area contributed by atoms with Gasteiger partial charge in [-0.2, -0.15) is 0 Å². The van der Waals surface area contributed by atoms with E-state index in [1.54, 1.807) is 9.80 Å². The van der Waals surface area contributed by atoms with Crippen molar-refractivity contribution in [2.75, 3.05) is 46.8 Å². The second-order valence-corrected chi connectivity index (χ2v) is 4.57. The quantitative estimate of drug-likeness (QED) is 0.633. The molecule has 1 rings (SSSR count). The molecule has 1 saturated heterocycles. The van der Waals surface area contributed by atoms with Gasteiger partial charge in [-0.05, 0) is 14.1 Å². The molecule has 1 heterocycles. The van der Waals surface area contributed by atoms with Gasteiger partial charge in [-0.1, -0.05) is 0 Å². The number of piperazine rings is 1. The fourth-order valence-electron chi connectivity index (χ4n) is 1.82. The molecule has 0 bridgehead atoms. The third kappa shape index (κ3) is 4.33. The summed E-state index contributed by atoms with van der Waals surface area (Å²) < 4.78 is 0. The van der Waals surface area contributed by atoms with Crippen LogP contribution in [0.3, 0.4) is 0 Å². The zero-order valence-corrected chi connectivity index (χ0v) is 10.8. The smallest absolute Gasteiger partial charge is 0.312 e. The van der Waals surface area contributed by atoms with Crippen molar-refractivity contribution in [2.45, 2.75) is 6.42 Å². The Morgan fingerprint density at radius 2 is 1.44 bits per heavy atom. The van der Waals surface area contributed by atoms with Crippen molar-refractivity contribution in [1.82, 2.24) is 14.7 Å². The molecule has 7 nitrogen and oxygen atoms in total. The van der Waals surface area contributed by atoms with Gasteiger partial charge in [0.25, 0.3) is 0 Å². The summed E-state index contributed by atoms with van der Waals surface area (Å²) in [5.74, 6) is -1.47. The van der Waals surface area contributed by atoms with Crippen molar-refractivity contribution in [3.8, 4) is 0 Å². The number of carboxylic acid groups (broad SMARTS) is 1. The van der Waals surface area contributed by atoms with Crippen molar-refractivity contribution in [3.63, 3.8) is 0 Å². The van der Waals surface area contributed by atoms with E-state index in [9.17, 15) is 14.4 Å². The second kappa shape index (κ2) is 6.34. The maximum absolute atomic E-state index is 11.7. The molecule has 0 aromatic rings. The number of likely N-dealkylation sites (N-methyl/N-ethyl adjacent to an activating group) is 1. The van der Waals surface area contributed by atoms with Gasteiger partial charge in [0.1, 0.15) is 6.42 Å². The molecule has 2 amide bonds. The van der Waals surface area contributed by atoms with Gasteiger partial charge in [0.05, 0.1) is 6.54 Å². The minimum Gasteiger partial charge on any atom is -0.481 e. The van der Waals surface area contributed by atoms with E-state index in [0.29, 0.717) is 32.7 Å². The summed E-state index contributed by atoms with van der Waals surface area (Å²) >= 11 is 0. The van der Waals surface area contributed by atoms with Gasteiger partial charge in [-0.3, -0.25) is 14.4 Å². The van der Waals surface area contributed by atoms with Gasteiger partial charge in [0.15, 0.2) is 0 Å². The lowest BCUT2D eigenvalue weighted by atomic mass is 10.2. The zero-order chi connectivity index (χ0) is 13.7. The van der Waals surface area contributed by atoms with Gasteiger partial charge >= 0.3 is 5.97 Å². The van der Waals surface area contributed by atoms with Gasteiger partial charge in [-0.15, -0.1) is 0 Å². The average molecular weight is 257 g/mol.